The minimum atomic E-state index is -0.679. The second-order valence-corrected chi connectivity index (χ2v) is 4.60. The van der Waals surface area contributed by atoms with E-state index in [0.29, 0.717) is 19.4 Å². The molecule has 6 nitrogen and oxygen atoms in total. The standard InChI is InChI=1S/C13H21NO5/c1-4-18-12(16)10-6-9(10)7-11(14-8(3)15)13(17)19-5-2/h9-11H,4-7H2,1-3H3,(H,14,15)/t9-,10-,11+/m0/s1. The van der Waals surface area contributed by atoms with Gasteiger partial charge in [-0.1, -0.05) is 0 Å². The first kappa shape index (κ1) is 15.5. The van der Waals surface area contributed by atoms with E-state index in [-0.39, 0.29) is 30.3 Å². The van der Waals surface area contributed by atoms with E-state index < -0.39 is 12.0 Å². The van der Waals surface area contributed by atoms with E-state index in [2.05, 4.69) is 5.32 Å². The third-order valence-corrected chi connectivity index (χ3v) is 3.00. The lowest BCUT2D eigenvalue weighted by molar-refractivity contribution is -0.148. The summed E-state index contributed by atoms with van der Waals surface area (Å²) < 4.78 is 9.83. The summed E-state index contributed by atoms with van der Waals surface area (Å²) >= 11 is 0. The number of hydrogen-bond donors (Lipinski definition) is 1. The maximum Gasteiger partial charge on any atom is 0.328 e. The van der Waals surface area contributed by atoms with Crippen molar-refractivity contribution in [2.75, 3.05) is 13.2 Å². The lowest BCUT2D eigenvalue weighted by Gasteiger charge is -2.16. The molecule has 0 spiro atoms. The monoisotopic (exact) mass is 271 g/mol. The minimum absolute atomic E-state index is 0.0836. The quantitative estimate of drug-likeness (QED) is 0.687. The Morgan fingerprint density at radius 3 is 2.37 bits per heavy atom. The minimum Gasteiger partial charge on any atom is -0.466 e. The van der Waals surface area contributed by atoms with Crippen LogP contribution in [-0.4, -0.2) is 37.1 Å². The van der Waals surface area contributed by atoms with Crippen molar-refractivity contribution in [3.8, 4) is 0 Å². The molecule has 0 saturated heterocycles. The van der Waals surface area contributed by atoms with Crippen LogP contribution in [0.15, 0.2) is 0 Å². The molecule has 1 rings (SSSR count). The van der Waals surface area contributed by atoms with E-state index in [1.54, 1.807) is 13.8 Å². The maximum atomic E-state index is 11.7. The van der Waals surface area contributed by atoms with Crippen LogP contribution in [0.25, 0.3) is 0 Å². The first-order valence-corrected chi connectivity index (χ1v) is 6.59. The number of carbonyl (C=O) groups excluding carboxylic acids is 3. The van der Waals surface area contributed by atoms with Gasteiger partial charge in [0.05, 0.1) is 19.1 Å². The molecule has 0 unspecified atom stereocenters. The first-order chi connectivity index (χ1) is 8.99. The Labute approximate surface area is 112 Å². The van der Waals surface area contributed by atoms with E-state index in [9.17, 15) is 14.4 Å². The number of hydrogen-bond acceptors (Lipinski definition) is 5. The second-order valence-electron chi connectivity index (χ2n) is 4.60. The van der Waals surface area contributed by atoms with Gasteiger partial charge in [0.1, 0.15) is 6.04 Å². The van der Waals surface area contributed by atoms with Gasteiger partial charge in [-0.25, -0.2) is 4.79 Å². The molecule has 1 aliphatic carbocycles. The largest absolute Gasteiger partial charge is 0.466 e. The summed E-state index contributed by atoms with van der Waals surface area (Å²) in [6, 6.07) is -0.679. The van der Waals surface area contributed by atoms with Crippen molar-refractivity contribution in [3.05, 3.63) is 0 Å². The molecule has 3 atom stereocenters. The highest BCUT2D eigenvalue weighted by Gasteiger charge is 2.46. The van der Waals surface area contributed by atoms with Crippen LogP contribution in [0.1, 0.15) is 33.6 Å². The summed E-state index contributed by atoms with van der Waals surface area (Å²) in [6.45, 7) is 5.44. The van der Waals surface area contributed by atoms with Crippen LogP contribution in [0.2, 0.25) is 0 Å². The Morgan fingerprint density at radius 1 is 1.21 bits per heavy atom. The van der Waals surface area contributed by atoms with Gasteiger partial charge in [-0.3, -0.25) is 9.59 Å². The van der Waals surface area contributed by atoms with Crippen LogP contribution < -0.4 is 5.32 Å². The molecule has 1 fully saturated rings. The predicted octanol–water partition coefficient (Wildman–Crippen LogP) is 0.643. The number of nitrogens with one attached hydrogen (secondary N) is 1. The smallest absolute Gasteiger partial charge is 0.328 e. The Balaban J connectivity index is 2.48. The van der Waals surface area contributed by atoms with Crippen molar-refractivity contribution in [2.24, 2.45) is 11.8 Å². The molecule has 1 saturated carbocycles. The fourth-order valence-corrected chi connectivity index (χ4v) is 2.05. The molecule has 0 aromatic rings. The number of amides is 1. The number of ether oxygens (including phenoxy) is 2. The third kappa shape index (κ3) is 4.89. The summed E-state index contributed by atoms with van der Waals surface area (Å²) in [5.74, 6) is -1.03. The van der Waals surface area contributed by atoms with Gasteiger partial charge in [-0.05, 0) is 32.6 Å². The Bertz CT molecular complexity index is 355. The van der Waals surface area contributed by atoms with Gasteiger partial charge in [0.2, 0.25) is 5.91 Å². The molecule has 108 valence electrons. The second kappa shape index (κ2) is 7.11. The molecule has 0 radical (unpaired) electrons. The average Bonchev–Trinajstić information content (AvgIpc) is 3.07. The van der Waals surface area contributed by atoms with Crippen LogP contribution >= 0.6 is 0 Å². The van der Waals surface area contributed by atoms with Gasteiger partial charge in [-0.2, -0.15) is 0 Å². The Morgan fingerprint density at radius 2 is 1.84 bits per heavy atom. The maximum absolute atomic E-state index is 11.7. The zero-order valence-electron chi connectivity index (χ0n) is 11.6. The molecule has 0 aromatic carbocycles. The van der Waals surface area contributed by atoms with Crippen LogP contribution in [0.4, 0.5) is 0 Å². The van der Waals surface area contributed by atoms with E-state index in [0.717, 1.165) is 0 Å². The van der Waals surface area contributed by atoms with E-state index in [1.165, 1.54) is 6.92 Å². The van der Waals surface area contributed by atoms with Crippen molar-refractivity contribution in [1.82, 2.24) is 5.32 Å². The first-order valence-electron chi connectivity index (χ1n) is 6.59. The van der Waals surface area contributed by atoms with E-state index >= 15 is 0 Å². The molecule has 19 heavy (non-hydrogen) atoms. The van der Waals surface area contributed by atoms with Gasteiger partial charge < -0.3 is 14.8 Å². The SMILES string of the molecule is CCOC(=O)[C@H]1C[C@H]1C[C@@H](NC(C)=O)C(=O)OCC. The highest BCUT2D eigenvalue weighted by atomic mass is 16.5. The fraction of sp³-hybridized carbons (Fsp3) is 0.769. The van der Waals surface area contributed by atoms with Crippen molar-refractivity contribution in [1.29, 1.82) is 0 Å². The molecule has 0 aliphatic heterocycles. The molecule has 1 N–H and O–H groups in total. The molecule has 0 bridgehead atoms. The Kier molecular flexibility index (Phi) is 5.79. The number of carbonyl (C=O) groups is 3. The molecular formula is C13H21NO5. The van der Waals surface area contributed by atoms with E-state index in [4.69, 9.17) is 9.47 Å². The van der Waals surface area contributed by atoms with E-state index in [1.807, 2.05) is 0 Å². The molecule has 1 aliphatic rings. The van der Waals surface area contributed by atoms with Gasteiger partial charge in [-0.15, -0.1) is 0 Å². The highest BCUT2D eigenvalue weighted by Crippen LogP contribution is 2.43. The summed E-state index contributed by atoms with van der Waals surface area (Å²) in [5.41, 5.74) is 0. The number of rotatable bonds is 7. The lowest BCUT2D eigenvalue weighted by Crippen LogP contribution is -2.41. The normalized spacial score (nSPS) is 22.3. The van der Waals surface area contributed by atoms with Crippen LogP contribution in [0, 0.1) is 11.8 Å². The van der Waals surface area contributed by atoms with Crippen LogP contribution in [-0.2, 0) is 23.9 Å². The van der Waals surface area contributed by atoms with Gasteiger partial charge in [0, 0.05) is 6.92 Å². The number of esters is 2. The summed E-state index contributed by atoms with van der Waals surface area (Å²) in [7, 11) is 0. The molecular weight excluding hydrogens is 250 g/mol. The Hall–Kier alpha value is -1.59. The van der Waals surface area contributed by atoms with Crippen LogP contribution in [0.3, 0.4) is 0 Å². The zero-order valence-corrected chi connectivity index (χ0v) is 11.6. The summed E-state index contributed by atoms with van der Waals surface area (Å²) in [5, 5.41) is 2.56. The molecule has 0 aromatic heterocycles. The summed E-state index contributed by atoms with van der Waals surface area (Å²) in [4.78, 5) is 34.3. The van der Waals surface area contributed by atoms with Crippen molar-refractivity contribution < 1.29 is 23.9 Å². The molecule has 1 amide bonds. The molecule has 6 heteroatoms. The van der Waals surface area contributed by atoms with Gasteiger partial charge >= 0.3 is 11.9 Å². The highest BCUT2D eigenvalue weighted by molar-refractivity contribution is 5.83. The summed E-state index contributed by atoms with van der Waals surface area (Å²) in [6.07, 6.45) is 1.12. The van der Waals surface area contributed by atoms with Gasteiger partial charge in [0.15, 0.2) is 0 Å². The van der Waals surface area contributed by atoms with Crippen LogP contribution in [0.5, 0.6) is 0 Å². The van der Waals surface area contributed by atoms with Crippen molar-refractivity contribution in [3.63, 3.8) is 0 Å². The topological polar surface area (TPSA) is 81.7 Å². The molecule has 0 heterocycles. The van der Waals surface area contributed by atoms with Gasteiger partial charge in [0.25, 0.3) is 0 Å². The lowest BCUT2D eigenvalue weighted by atomic mass is 10.1. The third-order valence-electron chi connectivity index (χ3n) is 3.00. The van der Waals surface area contributed by atoms with Crippen molar-refractivity contribution >= 4 is 17.8 Å². The van der Waals surface area contributed by atoms with Crippen molar-refractivity contribution in [2.45, 2.75) is 39.7 Å². The average molecular weight is 271 g/mol. The predicted molar refractivity (Wildman–Crippen MR) is 67.1 cm³/mol. The zero-order chi connectivity index (χ0) is 14.4. The fourth-order valence-electron chi connectivity index (χ4n) is 2.05.